The second-order valence-electron chi connectivity index (χ2n) is 8.56. The Morgan fingerprint density at radius 2 is 1.47 bits per heavy atom. The van der Waals surface area contributed by atoms with Crippen molar-refractivity contribution in [1.82, 2.24) is 0 Å². The third kappa shape index (κ3) is 4.68. The number of amides is 1. The van der Waals surface area contributed by atoms with E-state index in [-0.39, 0.29) is 5.57 Å². The molecule has 0 aliphatic rings. The van der Waals surface area contributed by atoms with Crippen molar-refractivity contribution >= 4 is 39.2 Å². The van der Waals surface area contributed by atoms with Crippen LogP contribution >= 0.6 is 0 Å². The number of nitriles is 1. The first-order valence-electron chi connectivity index (χ1n) is 11.7. The number of hydrogen-bond donors (Lipinski definition) is 1. The topological polar surface area (TPSA) is 62.1 Å². The lowest BCUT2D eigenvalue weighted by Crippen LogP contribution is -2.13. The van der Waals surface area contributed by atoms with Gasteiger partial charge >= 0.3 is 0 Å². The van der Waals surface area contributed by atoms with Crippen molar-refractivity contribution < 1.29 is 9.53 Å². The van der Waals surface area contributed by atoms with E-state index in [4.69, 9.17) is 4.74 Å². The van der Waals surface area contributed by atoms with Gasteiger partial charge in [-0.25, -0.2) is 0 Å². The first-order chi connectivity index (χ1) is 17.6. The summed E-state index contributed by atoms with van der Waals surface area (Å²) in [6.07, 6.45) is 1.62. The van der Waals surface area contributed by atoms with Gasteiger partial charge in [0.15, 0.2) is 0 Å². The summed E-state index contributed by atoms with van der Waals surface area (Å²) in [5, 5.41) is 16.8. The highest BCUT2D eigenvalue weighted by Crippen LogP contribution is 2.32. The third-order valence-corrected chi connectivity index (χ3v) is 6.26. The van der Waals surface area contributed by atoms with Crippen molar-refractivity contribution in [1.29, 1.82) is 5.26 Å². The zero-order valence-corrected chi connectivity index (χ0v) is 19.9. The Bertz CT molecular complexity index is 1650. The molecule has 0 bridgehead atoms. The van der Waals surface area contributed by atoms with Crippen molar-refractivity contribution in [3.8, 4) is 11.8 Å². The van der Waals surface area contributed by atoms with Crippen molar-refractivity contribution in [3.05, 3.63) is 125 Å². The van der Waals surface area contributed by atoms with Crippen molar-refractivity contribution in [2.24, 2.45) is 0 Å². The van der Waals surface area contributed by atoms with Gasteiger partial charge in [0.1, 0.15) is 24.0 Å². The molecule has 174 valence electrons. The lowest BCUT2D eigenvalue weighted by molar-refractivity contribution is -0.112. The summed E-state index contributed by atoms with van der Waals surface area (Å²) >= 11 is 0. The van der Waals surface area contributed by atoms with Crippen LogP contribution in [-0.2, 0) is 11.4 Å². The van der Waals surface area contributed by atoms with Crippen LogP contribution in [0.4, 0.5) is 5.69 Å². The Balaban J connectivity index is 1.54. The zero-order chi connectivity index (χ0) is 24.9. The third-order valence-electron chi connectivity index (χ3n) is 6.26. The van der Waals surface area contributed by atoms with Crippen LogP contribution in [0.15, 0.2) is 109 Å². The van der Waals surface area contributed by atoms with Crippen LogP contribution in [0, 0.1) is 18.3 Å². The Kier molecular flexibility index (Phi) is 6.46. The maximum absolute atomic E-state index is 12.9. The van der Waals surface area contributed by atoms with Crippen LogP contribution in [0.3, 0.4) is 0 Å². The van der Waals surface area contributed by atoms with E-state index in [1.807, 2.05) is 66.7 Å². The Labute approximate surface area is 210 Å². The van der Waals surface area contributed by atoms with E-state index in [1.54, 1.807) is 18.2 Å². The fourth-order valence-electron chi connectivity index (χ4n) is 4.35. The van der Waals surface area contributed by atoms with Crippen molar-refractivity contribution in [2.75, 3.05) is 5.32 Å². The van der Waals surface area contributed by atoms with Crippen LogP contribution in [-0.4, -0.2) is 5.91 Å². The number of fused-ring (bicyclic) bond motifs is 2. The number of carbonyl (C=O) groups excluding carboxylic acids is 1. The predicted molar refractivity (Wildman–Crippen MR) is 146 cm³/mol. The molecular weight excluding hydrogens is 444 g/mol. The molecule has 0 heterocycles. The Morgan fingerprint density at radius 1 is 0.833 bits per heavy atom. The van der Waals surface area contributed by atoms with E-state index >= 15 is 0 Å². The Hall–Kier alpha value is -4.88. The summed E-state index contributed by atoms with van der Waals surface area (Å²) in [6.45, 7) is 2.44. The van der Waals surface area contributed by atoms with E-state index < -0.39 is 5.91 Å². The minimum atomic E-state index is -0.465. The Morgan fingerprint density at radius 3 is 2.22 bits per heavy atom. The number of para-hydroxylation sites is 1. The first kappa shape index (κ1) is 22.9. The molecule has 1 N–H and O–H groups in total. The van der Waals surface area contributed by atoms with Gasteiger partial charge in [-0.05, 0) is 58.3 Å². The number of benzene rings is 5. The standard InChI is InChI=1S/C32H24N2O2/c1-22-15-16-23-9-6-8-14-28(23)30(22)21-36-31-18-17-24-10-5-7-13-27(24)29(31)19-25(20-33)32(35)34-26-11-3-2-4-12-26/h2-19H,21H2,1H3,(H,34,35)/b25-19+. The highest BCUT2D eigenvalue weighted by atomic mass is 16.5. The smallest absolute Gasteiger partial charge is 0.266 e. The molecule has 36 heavy (non-hydrogen) atoms. The number of nitrogens with one attached hydrogen (secondary N) is 1. The van der Waals surface area contributed by atoms with E-state index in [0.717, 1.165) is 32.7 Å². The van der Waals surface area contributed by atoms with E-state index in [0.29, 0.717) is 23.6 Å². The fraction of sp³-hybridized carbons (Fsp3) is 0.0625. The molecule has 0 aliphatic carbocycles. The van der Waals surface area contributed by atoms with Crippen molar-refractivity contribution in [3.63, 3.8) is 0 Å². The molecule has 1 amide bonds. The average Bonchev–Trinajstić information content (AvgIpc) is 2.92. The summed E-state index contributed by atoms with van der Waals surface area (Å²) < 4.78 is 6.38. The quantitative estimate of drug-likeness (QED) is 0.208. The molecule has 4 nitrogen and oxygen atoms in total. The number of hydrogen-bond acceptors (Lipinski definition) is 3. The van der Waals surface area contributed by atoms with Gasteiger partial charge < -0.3 is 10.1 Å². The van der Waals surface area contributed by atoms with Gasteiger partial charge in [0.2, 0.25) is 0 Å². The molecule has 0 aliphatic heterocycles. The summed E-state index contributed by atoms with van der Waals surface area (Å²) in [6, 6.07) is 35.4. The normalized spacial score (nSPS) is 11.3. The summed E-state index contributed by atoms with van der Waals surface area (Å²) in [5.74, 6) is 0.147. The first-order valence-corrected chi connectivity index (χ1v) is 11.7. The van der Waals surface area contributed by atoms with Crippen LogP contribution < -0.4 is 10.1 Å². The van der Waals surface area contributed by atoms with Gasteiger partial charge in [-0.1, -0.05) is 84.9 Å². The number of nitrogens with zero attached hydrogens (tertiary/aromatic N) is 1. The number of carbonyl (C=O) groups is 1. The summed E-state index contributed by atoms with van der Waals surface area (Å²) in [5.41, 5.74) is 3.58. The molecule has 0 saturated heterocycles. The van der Waals surface area contributed by atoms with Crippen LogP contribution in [0.25, 0.3) is 27.6 Å². The van der Waals surface area contributed by atoms with Crippen LogP contribution in [0.1, 0.15) is 16.7 Å². The number of rotatable bonds is 6. The van der Waals surface area contributed by atoms with E-state index in [9.17, 15) is 10.1 Å². The van der Waals surface area contributed by atoms with Gasteiger partial charge in [0.05, 0.1) is 0 Å². The molecule has 0 fully saturated rings. The second-order valence-corrected chi connectivity index (χ2v) is 8.56. The SMILES string of the molecule is Cc1ccc2ccccc2c1COc1ccc2ccccc2c1/C=C(\C#N)C(=O)Nc1ccccc1. The molecule has 0 unspecified atom stereocenters. The molecule has 5 aromatic rings. The highest BCUT2D eigenvalue weighted by Gasteiger charge is 2.15. The largest absolute Gasteiger partial charge is 0.488 e. The summed E-state index contributed by atoms with van der Waals surface area (Å²) in [4.78, 5) is 12.9. The number of ether oxygens (including phenoxy) is 1. The van der Waals surface area contributed by atoms with Crippen LogP contribution in [0.5, 0.6) is 5.75 Å². The molecule has 4 heteroatoms. The lowest BCUT2D eigenvalue weighted by Gasteiger charge is -2.15. The van der Waals surface area contributed by atoms with Gasteiger partial charge in [-0.15, -0.1) is 0 Å². The summed E-state index contributed by atoms with van der Waals surface area (Å²) in [7, 11) is 0. The monoisotopic (exact) mass is 468 g/mol. The van der Waals surface area contributed by atoms with Crippen LogP contribution in [0.2, 0.25) is 0 Å². The maximum Gasteiger partial charge on any atom is 0.266 e. The second kappa shape index (κ2) is 10.2. The predicted octanol–water partition coefficient (Wildman–Crippen LogP) is 7.43. The molecule has 0 atom stereocenters. The molecular formula is C32H24N2O2. The lowest BCUT2D eigenvalue weighted by atomic mass is 9.99. The van der Waals surface area contributed by atoms with Gasteiger partial charge in [0.25, 0.3) is 5.91 Å². The maximum atomic E-state index is 12.9. The zero-order valence-electron chi connectivity index (χ0n) is 19.9. The average molecular weight is 469 g/mol. The van der Waals surface area contributed by atoms with Crippen molar-refractivity contribution in [2.45, 2.75) is 13.5 Å². The van der Waals surface area contributed by atoms with E-state index in [2.05, 4.69) is 42.6 Å². The number of anilines is 1. The number of aryl methyl sites for hydroxylation is 1. The minimum absolute atomic E-state index is 0.00129. The van der Waals surface area contributed by atoms with Gasteiger partial charge in [0, 0.05) is 16.8 Å². The fourth-order valence-corrected chi connectivity index (χ4v) is 4.35. The molecule has 0 spiro atoms. The molecule has 5 rings (SSSR count). The molecule has 5 aromatic carbocycles. The molecule has 0 aromatic heterocycles. The van der Waals surface area contributed by atoms with E-state index in [1.165, 1.54) is 0 Å². The van der Waals surface area contributed by atoms with Gasteiger partial charge in [-0.2, -0.15) is 5.26 Å². The molecule has 0 saturated carbocycles. The van der Waals surface area contributed by atoms with Gasteiger partial charge in [-0.3, -0.25) is 4.79 Å². The highest BCUT2D eigenvalue weighted by molar-refractivity contribution is 6.11. The minimum Gasteiger partial charge on any atom is -0.488 e. The molecule has 0 radical (unpaired) electrons.